The van der Waals surface area contributed by atoms with E-state index in [1.165, 1.54) is 4.88 Å². The fourth-order valence-corrected chi connectivity index (χ4v) is 3.24. The molecule has 98 valence electrons. The molecular weight excluding hydrogens is 258 g/mol. The third-order valence-electron chi connectivity index (χ3n) is 3.41. The van der Waals surface area contributed by atoms with Crippen LogP contribution < -0.4 is 5.32 Å². The van der Waals surface area contributed by atoms with Gasteiger partial charge in [0, 0.05) is 17.0 Å². The van der Waals surface area contributed by atoms with Crippen LogP contribution in [0.1, 0.15) is 27.7 Å². The summed E-state index contributed by atoms with van der Waals surface area (Å²) in [4.78, 5) is 12.6. The van der Waals surface area contributed by atoms with Gasteiger partial charge in [0.2, 0.25) is 5.91 Å². The highest BCUT2D eigenvalue weighted by Gasteiger charge is 2.21. The van der Waals surface area contributed by atoms with Crippen molar-refractivity contribution in [1.29, 1.82) is 0 Å². The van der Waals surface area contributed by atoms with E-state index in [1.54, 1.807) is 11.3 Å². The lowest BCUT2D eigenvalue weighted by molar-refractivity contribution is -0.115. The number of aliphatic hydroxyl groups excluding tert-OH is 1. The monoisotopic (exact) mass is 273 g/mol. The van der Waals surface area contributed by atoms with Crippen LogP contribution in [0.25, 0.3) is 0 Å². The fraction of sp³-hybridized carbons (Fsp3) is 0.267. The van der Waals surface area contributed by atoms with E-state index in [0.717, 1.165) is 22.4 Å². The van der Waals surface area contributed by atoms with Crippen molar-refractivity contribution in [3.63, 3.8) is 0 Å². The van der Waals surface area contributed by atoms with Crippen molar-refractivity contribution in [3.05, 3.63) is 51.2 Å². The third-order valence-corrected chi connectivity index (χ3v) is 4.31. The Balaban J connectivity index is 1.88. The number of thiophene rings is 1. The zero-order valence-corrected chi connectivity index (χ0v) is 11.5. The largest absolute Gasteiger partial charge is 0.388 e. The topological polar surface area (TPSA) is 49.3 Å². The van der Waals surface area contributed by atoms with Crippen molar-refractivity contribution in [2.75, 3.05) is 5.32 Å². The number of rotatable bonds is 3. The minimum atomic E-state index is -0.515. The number of aryl methyl sites for hydroxylation is 1. The number of carbonyl (C=O) groups is 1. The van der Waals surface area contributed by atoms with E-state index in [0.29, 0.717) is 12.8 Å². The summed E-state index contributed by atoms with van der Waals surface area (Å²) in [7, 11) is 0. The normalized spacial score (nSPS) is 15.2. The molecule has 3 nitrogen and oxygen atoms in total. The standard InChI is InChI=1S/C15H15NO2S/c1-9-5-10(6-11-7-14(18)16-15(9)11)13(17)8-12-3-2-4-19-12/h2-6,13,17H,7-8H2,1H3,(H,16,18). The molecule has 1 amide bonds. The lowest BCUT2D eigenvalue weighted by Gasteiger charge is -2.13. The second-order valence-corrected chi connectivity index (χ2v) is 5.93. The second-order valence-electron chi connectivity index (χ2n) is 4.90. The van der Waals surface area contributed by atoms with Gasteiger partial charge in [0.1, 0.15) is 0 Å². The maximum absolute atomic E-state index is 11.4. The number of benzene rings is 1. The van der Waals surface area contributed by atoms with E-state index in [-0.39, 0.29) is 5.91 Å². The number of fused-ring (bicyclic) bond motifs is 1. The predicted octanol–water partition coefficient (Wildman–Crippen LogP) is 2.83. The maximum Gasteiger partial charge on any atom is 0.228 e. The van der Waals surface area contributed by atoms with Crippen LogP contribution in [-0.4, -0.2) is 11.0 Å². The molecule has 0 saturated carbocycles. The SMILES string of the molecule is Cc1cc(C(O)Cc2cccs2)cc2c1NC(=O)C2. The van der Waals surface area contributed by atoms with Crippen molar-refractivity contribution >= 4 is 22.9 Å². The van der Waals surface area contributed by atoms with Crippen LogP contribution in [0, 0.1) is 6.92 Å². The number of nitrogens with one attached hydrogen (secondary N) is 1. The van der Waals surface area contributed by atoms with Crippen LogP contribution in [0.2, 0.25) is 0 Å². The summed E-state index contributed by atoms with van der Waals surface area (Å²) < 4.78 is 0. The van der Waals surface area contributed by atoms with E-state index in [4.69, 9.17) is 0 Å². The van der Waals surface area contributed by atoms with E-state index in [9.17, 15) is 9.90 Å². The highest BCUT2D eigenvalue weighted by atomic mass is 32.1. The van der Waals surface area contributed by atoms with Crippen molar-refractivity contribution in [1.82, 2.24) is 0 Å². The number of carbonyl (C=O) groups excluding carboxylic acids is 1. The molecule has 1 aromatic heterocycles. The molecule has 19 heavy (non-hydrogen) atoms. The van der Waals surface area contributed by atoms with Gasteiger partial charge in [-0.15, -0.1) is 11.3 Å². The molecule has 1 aromatic carbocycles. The summed E-state index contributed by atoms with van der Waals surface area (Å²) in [5, 5.41) is 15.2. The lowest BCUT2D eigenvalue weighted by Crippen LogP contribution is -2.04. The molecule has 1 atom stereocenters. The van der Waals surface area contributed by atoms with Gasteiger partial charge in [-0.3, -0.25) is 4.79 Å². The number of aliphatic hydroxyl groups is 1. The average molecular weight is 273 g/mol. The Morgan fingerprint density at radius 3 is 3.05 bits per heavy atom. The first-order chi connectivity index (χ1) is 9.13. The molecule has 0 spiro atoms. The highest BCUT2D eigenvalue weighted by molar-refractivity contribution is 7.09. The van der Waals surface area contributed by atoms with Gasteiger partial charge in [0.25, 0.3) is 0 Å². The van der Waals surface area contributed by atoms with Crippen LogP contribution in [0.3, 0.4) is 0 Å². The van der Waals surface area contributed by atoms with Gasteiger partial charge < -0.3 is 10.4 Å². The predicted molar refractivity (Wildman–Crippen MR) is 76.5 cm³/mol. The van der Waals surface area contributed by atoms with Crippen molar-refractivity contribution in [2.24, 2.45) is 0 Å². The van der Waals surface area contributed by atoms with E-state index in [1.807, 2.05) is 36.6 Å². The Morgan fingerprint density at radius 1 is 1.47 bits per heavy atom. The quantitative estimate of drug-likeness (QED) is 0.903. The molecule has 4 heteroatoms. The smallest absolute Gasteiger partial charge is 0.228 e. The van der Waals surface area contributed by atoms with Gasteiger partial charge in [-0.2, -0.15) is 0 Å². The Kier molecular flexibility index (Phi) is 3.12. The summed E-state index contributed by atoms with van der Waals surface area (Å²) >= 11 is 1.65. The van der Waals surface area contributed by atoms with Crippen LogP contribution in [0.4, 0.5) is 5.69 Å². The molecule has 2 heterocycles. The van der Waals surface area contributed by atoms with Crippen molar-refractivity contribution in [3.8, 4) is 0 Å². The average Bonchev–Trinajstić information content (AvgIpc) is 2.97. The summed E-state index contributed by atoms with van der Waals surface area (Å²) in [6, 6.07) is 7.92. The lowest BCUT2D eigenvalue weighted by atomic mass is 9.98. The fourth-order valence-electron chi connectivity index (χ4n) is 2.49. The first kappa shape index (κ1) is 12.4. The highest BCUT2D eigenvalue weighted by Crippen LogP contribution is 2.31. The van der Waals surface area contributed by atoms with E-state index < -0.39 is 6.10 Å². The van der Waals surface area contributed by atoms with Gasteiger partial charge in [0.05, 0.1) is 12.5 Å². The van der Waals surface area contributed by atoms with E-state index >= 15 is 0 Å². The summed E-state index contributed by atoms with van der Waals surface area (Å²) in [5.74, 6) is 0.0306. The molecule has 0 fully saturated rings. The van der Waals surface area contributed by atoms with Crippen LogP contribution >= 0.6 is 11.3 Å². The summed E-state index contributed by atoms with van der Waals surface area (Å²) in [6.45, 7) is 1.96. The maximum atomic E-state index is 11.4. The molecule has 2 aromatic rings. The van der Waals surface area contributed by atoms with Crippen molar-refractivity contribution in [2.45, 2.75) is 25.9 Å². The Hall–Kier alpha value is -1.65. The molecule has 1 aliphatic heterocycles. The Labute approximate surface area is 115 Å². The van der Waals surface area contributed by atoms with Gasteiger partial charge in [-0.05, 0) is 35.1 Å². The van der Waals surface area contributed by atoms with Gasteiger partial charge in [0.15, 0.2) is 0 Å². The first-order valence-electron chi connectivity index (χ1n) is 6.27. The number of hydrogen-bond acceptors (Lipinski definition) is 3. The first-order valence-corrected chi connectivity index (χ1v) is 7.15. The molecular formula is C15H15NO2S. The Bertz CT molecular complexity index is 619. The van der Waals surface area contributed by atoms with Crippen LogP contribution in [-0.2, 0) is 17.6 Å². The van der Waals surface area contributed by atoms with Gasteiger partial charge in [-0.1, -0.05) is 18.2 Å². The van der Waals surface area contributed by atoms with E-state index in [2.05, 4.69) is 5.32 Å². The third kappa shape index (κ3) is 2.41. The minimum Gasteiger partial charge on any atom is -0.388 e. The number of anilines is 1. The minimum absolute atomic E-state index is 0.0306. The number of amides is 1. The zero-order chi connectivity index (χ0) is 13.4. The summed E-state index contributed by atoms with van der Waals surface area (Å²) in [6.07, 6.45) is 0.519. The summed E-state index contributed by atoms with van der Waals surface area (Å²) in [5.41, 5.74) is 3.81. The van der Waals surface area contributed by atoms with Gasteiger partial charge in [-0.25, -0.2) is 0 Å². The number of hydrogen-bond donors (Lipinski definition) is 2. The van der Waals surface area contributed by atoms with Gasteiger partial charge >= 0.3 is 0 Å². The van der Waals surface area contributed by atoms with Crippen LogP contribution in [0.15, 0.2) is 29.6 Å². The van der Waals surface area contributed by atoms with Crippen molar-refractivity contribution < 1.29 is 9.90 Å². The molecule has 1 unspecified atom stereocenters. The zero-order valence-electron chi connectivity index (χ0n) is 10.6. The Morgan fingerprint density at radius 2 is 2.32 bits per heavy atom. The van der Waals surface area contributed by atoms with Crippen LogP contribution in [0.5, 0.6) is 0 Å². The molecule has 3 rings (SSSR count). The molecule has 2 N–H and O–H groups in total. The molecule has 0 saturated heterocycles. The molecule has 1 aliphatic rings. The molecule has 0 bridgehead atoms. The molecule has 0 radical (unpaired) electrons. The molecule has 0 aliphatic carbocycles. The second kappa shape index (κ2) is 4.79.